The number of ether oxygens (including phenoxy) is 2. The number of rotatable bonds is 2. The molecule has 5 nitrogen and oxygen atoms in total. The predicted octanol–water partition coefficient (Wildman–Crippen LogP) is 4.12. The van der Waals surface area contributed by atoms with Gasteiger partial charge in [-0.1, -0.05) is 23.7 Å². The molecule has 4 rings (SSSR count). The zero-order chi connectivity index (χ0) is 16.7. The molecule has 0 spiro atoms. The Labute approximate surface area is 147 Å². The molecule has 0 unspecified atom stereocenters. The molecule has 1 N–H and O–H groups in total. The quantitative estimate of drug-likeness (QED) is 0.820. The van der Waals surface area contributed by atoms with Crippen LogP contribution in [0, 0.1) is 5.41 Å². The largest absolute Gasteiger partial charge is 0.454 e. The smallest absolute Gasteiger partial charge is 0.271 e. The van der Waals surface area contributed by atoms with Crippen LogP contribution < -0.4 is 14.4 Å². The summed E-state index contributed by atoms with van der Waals surface area (Å²) in [6.07, 6.45) is 1.75. The van der Waals surface area contributed by atoms with E-state index in [9.17, 15) is 4.79 Å². The number of hydrogen-bond acceptors (Lipinski definition) is 5. The van der Waals surface area contributed by atoms with E-state index < -0.39 is 0 Å². The number of benzene rings is 2. The molecule has 0 bridgehead atoms. The monoisotopic (exact) mass is 358 g/mol. The van der Waals surface area contributed by atoms with Crippen LogP contribution >= 0.6 is 23.4 Å². The standard InChI is InChI=1S/C17H11ClN2O3S/c18-11-3-1-10(2-4-11)7-15-16(21)20(17(19)24-15)12-5-6-13-14(8-12)23-9-22-13/h1-8,19H,9H2/b15-7-,19-17?. The predicted molar refractivity (Wildman–Crippen MR) is 94.8 cm³/mol. The summed E-state index contributed by atoms with van der Waals surface area (Å²) >= 11 is 7.00. The van der Waals surface area contributed by atoms with Crippen molar-refractivity contribution in [2.24, 2.45) is 0 Å². The third kappa shape index (κ3) is 2.64. The number of carbonyl (C=O) groups is 1. The number of amides is 1. The summed E-state index contributed by atoms with van der Waals surface area (Å²) in [5.74, 6) is 0.980. The molecule has 0 aliphatic carbocycles. The van der Waals surface area contributed by atoms with Crippen LogP contribution in [0.15, 0.2) is 47.4 Å². The number of thioether (sulfide) groups is 1. The van der Waals surface area contributed by atoms with E-state index in [0.29, 0.717) is 27.1 Å². The first-order valence-electron chi connectivity index (χ1n) is 7.09. The minimum atomic E-state index is -0.237. The zero-order valence-electron chi connectivity index (χ0n) is 12.3. The van der Waals surface area contributed by atoms with Crippen LogP contribution in [0.25, 0.3) is 6.08 Å². The van der Waals surface area contributed by atoms with E-state index in [1.807, 2.05) is 12.1 Å². The van der Waals surface area contributed by atoms with Gasteiger partial charge in [0.15, 0.2) is 16.7 Å². The summed E-state index contributed by atoms with van der Waals surface area (Å²) in [7, 11) is 0. The highest BCUT2D eigenvalue weighted by molar-refractivity contribution is 8.19. The van der Waals surface area contributed by atoms with Crippen LogP contribution in [0.3, 0.4) is 0 Å². The summed E-state index contributed by atoms with van der Waals surface area (Å²) in [4.78, 5) is 14.5. The third-order valence-electron chi connectivity index (χ3n) is 3.61. The van der Waals surface area contributed by atoms with Gasteiger partial charge in [-0.2, -0.15) is 0 Å². The average molecular weight is 359 g/mol. The Morgan fingerprint density at radius 1 is 1.12 bits per heavy atom. The Hall–Kier alpha value is -2.44. The van der Waals surface area contributed by atoms with Gasteiger partial charge in [-0.15, -0.1) is 0 Å². The SMILES string of the molecule is N=C1S/C(=C\c2ccc(Cl)cc2)C(=O)N1c1ccc2c(c1)OCO2. The minimum absolute atomic E-state index is 0.152. The van der Waals surface area contributed by atoms with E-state index in [1.165, 1.54) is 4.90 Å². The number of amidine groups is 1. The maximum Gasteiger partial charge on any atom is 0.271 e. The number of halogens is 1. The van der Waals surface area contributed by atoms with Crippen molar-refractivity contribution in [3.05, 3.63) is 58.0 Å². The molecule has 0 saturated carbocycles. The van der Waals surface area contributed by atoms with Crippen LogP contribution in [-0.4, -0.2) is 17.9 Å². The van der Waals surface area contributed by atoms with Gasteiger partial charge < -0.3 is 9.47 Å². The second kappa shape index (κ2) is 5.89. The van der Waals surface area contributed by atoms with Gasteiger partial charge in [0.2, 0.25) is 6.79 Å². The highest BCUT2D eigenvalue weighted by Crippen LogP contribution is 2.40. The molecular formula is C17H11ClN2O3S. The summed E-state index contributed by atoms with van der Waals surface area (Å²) in [5.41, 5.74) is 1.44. The van der Waals surface area contributed by atoms with Crippen LogP contribution in [-0.2, 0) is 4.79 Å². The number of anilines is 1. The van der Waals surface area contributed by atoms with Crippen LogP contribution in [0.1, 0.15) is 5.56 Å². The molecule has 1 amide bonds. The van der Waals surface area contributed by atoms with Gasteiger partial charge in [0.25, 0.3) is 5.91 Å². The van der Waals surface area contributed by atoms with E-state index in [0.717, 1.165) is 17.3 Å². The lowest BCUT2D eigenvalue weighted by Gasteiger charge is -2.14. The molecule has 0 radical (unpaired) electrons. The Balaban J connectivity index is 1.65. The third-order valence-corrected chi connectivity index (χ3v) is 4.75. The lowest BCUT2D eigenvalue weighted by Crippen LogP contribution is -2.28. The Kier molecular flexibility index (Phi) is 3.70. The molecule has 0 aromatic heterocycles. The van der Waals surface area contributed by atoms with Crippen molar-refractivity contribution in [3.8, 4) is 11.5 Å². The summed E-state index contributed by atoms with van der Waals surface area (Å²) in [5, 5.41) is 8.92. The number of nitrogens with zero attached hydrogens (tertiary/aromatic N) is 1. The molecule has 2 aromatic carbocycles. The summed E-state index contributed by atoms with van der Waals surface area (Å²) in [6.45, 7) is 0.167. The number of nitrogens with one attached hydrogen (secondary N) is 1. The van der Waals surface area contributed by atoms with Crippen molar-refractivity contribution in [2.75, 3.05) is 11.7 Å². The molecule has 7 heteroatoms. The summed E-state index contributed by atoms with van der Waals surface area (Å²) < 4.78 is 10.6. The van der Waals surface area contributed by atoms with E-state index in [-0.39, 0.29) is 17.9 Å². The molecule has 2 aliphatic rings. The lowest BCUT2D eigenvalue weighted by atomic mass is 10.2. The van der Waals surface area contributed by atoms with E-state index in [1.54, 1.807) is 36.4 Å². The van der Waals surface area contributed by atoms with E-state index >= 15 is 0 Å². The molecule has 24 heavy (non-hydrogen) atoms. The number of carbonyl (C=O) groups excluding carboxylic acids is 1. The molecule has 1 fully saturated rings. The normalized spacial score (nSPS) is 17.9. The summed E-state index contributed by atoms with van der Waals surface area (Å²) in [6, 6.07) is 12.4. The first-order valence-corrected chi connectivity index (χ1v) is 8.29. The molecule has 120 valence electrons. The van der Waals surface area contributed by atoms with Gasteiger partial charge in [-0.3, -0.25) is 15.1 Å². The molecule has 2 aliphatic heterocycles. The maximum absolute atomic E-state index is 12.7. The topological polar surface area (TPSA) is 62.6 Å². The molecule has 0 atom stereocenters. The van der Waals surface area contributed by atoms with Gasteiger partial charge in [-0.05, 0) is 47.7 Å². The van der Waals surface area contributed by atoms with Crippen molar-refractivity contribution in [1.29, 1.82) is 5.41 Å². The Morgan fingerprint density at radius 3 is 2.67 bits per heavy atom. The number of fused-ring (bicyclic) bond motifs is 1. The molecular weight excluding hydrogens is 348 g/mol. The first kappa shape index (κ1) is 15.1. The van der Waals surface area contributed by atoms with Crippen LogP contribution in [0.2, 0.25) is 5.02 Å². The van der Waals surface area contributed by atoms with Crippen LogP contribution in [0.4, 0.5) is 5.69 Å². The van der Waals surface area contributed by atoms with Gasteiger partial charge in [-0.25, -0.2) is 0 Å². The Bertz CT molecular complexity index is 880. The van der Waals surface area contributed by atoms with Crippen molar-refractivity contribution in [2.45, 2.75) is 0 Å². The van der Waals surface area contributed by atoms with Crippen molar-refractivity contribution < 1.29 is 14.3 Å². The van der Waals surface area contributed by atoms with Crippen molar-refractivity contribution in [1.82, 2.24) is 0 Å². The van der Waals surface area contributed by atoms with Gasteiger partial charge >= 0.3 is 0 Å². The highest BCUT2D eigenvalue weighted by Gasteiger charge is 2.34. The average Bonchev–Trinajstić information content (AvgIpc) is 3.14. The fourth-order valence-electron chi connectivity index (χ4n) is 2.46. The van der Waals surface area contributed by atoms with Gasteiger partial charge in [0, 0.05) is 11.1 Å². The molecule has 2 aromatic rings. The second-order valence-corrected chi connectivity index (χ2v) is 6.61. The minimum Gasteiger partial charge on any atom is -0.454 e. The maximum atomic E-state index is 12.7. The Morgan fingerprint density at radius 2 is 1.88 bits per heavy atom. The second-order valence-electron chi connectivity index (χ2n) is 5.15. The number of hydrogen-bond donors (Lipinski definition) is 1. The fraction of sp³-hybridized carbons (Fsp3) is 0.0588. The van der Waals surface area contributed by atoms with Crippen LogP contribution in [0.5, 0.6) is 11.5 Å². The van der Waals surface area contributed by atoms with E-state index in [2.05, 4.69) is 0 Å². The van der Waals surface area contributed by atoms with Crippen molar-refractivity contribution in [3.63, 3.8) is 0 Å². The van der Waals surface area contributed by atoms with E-state index in [4.69, 9.17) is 26.5 Å². The fourth-order valence-corrected chi connectivity index (χ4v) is 3.44. The zero-order valence-corrected chi connectivity index (χ0v) is 13.9. The lowest BCUT2D eigenvalue weighted by molar-refractivity contribution is -0.113. The highest BCUT2D eigenvalue weighted by atomic mass is 35.5. The first-order chi connectivity index (χ1) is 11.6. The molecule has 2 heterocycles. The van der Waals surface area contributed by atoms with Crippen molar-refractivity contribution >= 4 is 46.2 Å². The van der Waals surface area contributed by atoms with Gasteiger partial charge in [0.05, 0.1) is 10.6 Å². The van der Waals surface area contributed by atoms with Gasteiger partial charge in [0.1, 0.15) is 0 Å². The molecule has 1 saturated heterocycles.